The van der Waals surface area contributed by atoms with Crippen LogP contribution in [0.1, 0.15) is 28.7 Å². The van der Waals surface area contributed by atoms with E-state index in [2.05, 4.69) is 15.9 Å². The highest BCUT2D eigenvalue weighted by molar-refractivity contribution is 9.10. The monoisotopic (exact) mass is 337 g/mol. The Morgan fingerprint density at radius 3 is 2.30 bits per heavy atom. The van der Waals surface area contributed by atoms with Crippen LogP contribution in [0.2, 0.25) is 0 Å². The van der Waals surface area contributed by atoms with Gasteiger partial charge in [-0.3, -0.25) is 0 Å². The highest BCUT2D eigenvalue weighted by Gasteiger charge is 2.21. The third-order valence-electron chi connectivity index (χ3n) is 3.41. The number of hydrogen-bond donors (Lipinski definition) is 1. The van der Waals surface area contributed by atoms with Crippen LogP contribution in [-0.4, -0.2) is 13.2 Å². The molecule has 0 amide bonds. The lowest BCUT2D eigenvalue weighted by Gasteiger charge is -2.21. The van der Waals surface area contributed by atoms with Crippen molar-refractivity contribution in [3.05, 3.63) is 45.3 Å². The molecule has 1 atom stereocenters. The minimum absolute atomic E-state index is 0.266. The number of aryl methyl sites for hydroxylation is 2. The van der Waals surface area contributed by atoms with Crippen LogP contribution >= 0.6 is 15.9 Å². The molecule has 0 saturated carbocycles. The molecule has 0 bridgehead atoms. The van der Waals surface area contributed by atoms with Crippen molar-refractivity contribution in [3.63, 3.8) is 0 Å². The molecule has 2 aromatic rings. The van der Waals surface area contributed by atoms with Crippen molar-refractivity contribution >= 4 is 15.9 Å². The molecule has 0 saturated heterocycles. The number of fused-ring (bicyclic) bond motifs is 1. The van der Waals surface area contributed by atoms with E-state index in [0.29, 0.717) is 13.2 Å². The normalized spacial score (nSPS) is 15.2. The minimum Gasteiger partial charge on any atom is -0.486 e. The summed E-state index contributed by atoms with van der Waals surface area (Å²) in [4.78, 5) is 0. The standard InChI is InChI=1S/C15H16BrNO3/c1-8-5-10(9(2)20-8)15(17)11-6-13-14(7-12(11)16)19-4-3-18-13/h5-7,15H,3-4,17H2,1-2H3. The molecular weight excluding hydrogens is 322 g/mol. The van der Waals surface area contributed by atoms with Crippen LogP contribution in [0.25, 0.3) is 0 Å². The maximum Gasteiger partial charge on any atom is 0.162 e. The van der Waals surface area contributed by atoms with E-state index in [0.717, 1.165) is 38.6 Å². The fourth-order valence-electron chi connectivity index (χ4n) is 2.44. The van der Waals surface area contributed by atoms with Crippen LogP contribution < -0.4 is 15.2 Å². The summed E-state index contributed by atoms with van der Waals surface area (Å²) in [7, 11) is 0. The molecule has 1 aromatic heterocycles. The molecule has 106 valence electrons. The van der Waals surface area contributed by atoms with E-state index in [1.165, 1.54) is 0 Å². The van der Waals surface area contributed by atoms with Crippen LogP contribution in [0, 0.1) is 13.8 Å². The van der Waals surface area contributed by atoms with Gasteiger partial charge in [0, 0.05) is 10.0 Å². The van der Waals surface area contributed by atoms with E-state index in [-0.39, 0.29) is 6.04 Å². The Morgan fingerprint density at radius 2 is 1.70 bits per heavy atom. The van der Waals surface area contributed by atoms with Crippen molar-refractivity contribution in [3.8, 4) is 11.5 Å². The molecule has 0 fully saturated rings. The molecule has 2 N–H and O–H groups in total. The summed E-state index contributed by atoms with van der Waals surface area (Å²) >= 11 is 3.56. The first-order valence-electron chi connectivity index (χ1n) is 6.48. The van der Waals surface area contributed by atoms with Crippen molar-refractivity contribution in [2.45, 2.75) is 19.9 Å². The zero-order chi connectivity index (χ0) is 14.3. The van der Waals surface area contributed by atoms with Gasteiger partial charge in [0.1, 0.15) is 24.7 Å². The molecule has 0 radical (unpaired) electrons. The summed E-state index contributed by atoms with van der Waals surface area (Å²) in [5.74, 6) is 3.19. The smallest absolute Gasteiger partial charge is 0.162 e. The molecule has 1 aliphatic heterocycles. The highest BCUT2D eigenvalue weighted by Crippen LogP contribution is 2.39. The van der Waals surface area contributed by atoms with Gasteiger partial charge in [0.2, 0.25) is 0 Å². The van der Waals surface area contributed by atoms with E-state index in [4.69, 9.17) is 19.6 Å². The van der Waals surface area contributed by atoms with Gasteiger partial charge in [0.25, 0.3) is 0 Å². The SMILES string of the molecule is Cc1cc(C(N)c2cc3c(cc2Br)OCCO3)c(C)o1. The van der Waals surface area contributed by atoms with Gasteiger partial charge in [-0.1, -0.05) is 15.9 Å². The average Bonchev–Trinajstić information content (AvgIpc) is 2.76. The largest absolute Gasteiger partial charge is 0.486 e. The van der Waals surface area contributed by atoms with Crippen molar-refractivity contribution in [1.29, 1.82) is 0 Å². The zero-order valence-electron chi connectivity index (χ0n) is 11.4. The number of halogens is 1. The Kier molecular flexibility index (Phi) is 3.48. The van der Waals surface area contributed by atoms with Crippen LogP contribution in [0.3, 0.4) is 0 Å². The lowest BCUT2D eigenvalue weighted by atomic mass is 9.99. The number of hydrogen-bond acceptors (Lipinski definition) is 4. The van der Waals surface area contributed by atoms with E-state index >= 15 is 0 Å². The Bertz CT molecular complexity index is 651. The van der Waals surface area contributed by atoms with Crippen molar-refractivity contribution in [2.24, 2.45) is 5.73 Å². The fourth-order valence-corrected chi connectivity index (χ4v) is 3.01. The van der Waals surface area contributed by atoms with E-state index in [9.17, 15) is 0 Å². The molecule has 5 heteroatoms. The quantitative estimate of drug-likeness (QED) is 0.911. The molecule has 2 heterocycles. The Morgan fingerprint density at radius 1 is 1.05 bits per heavy atom. The predicted octanol–water partition coefficient (Wildman–Crippen LogP) is 3.48. The molecule has 20 heavy (non-hydrogen) atoms. The lowest BCUT2D eigenvalue weighted by Crippen LogP contribution is -2.17. The van der Waals surface area contributed by atoms with Crippen molar-refractivity contribution < 1.29 is 13.9 Å². The first kappa shape index (κ1) is 13.5. The first-order valence-corrected chi connectivity index (χ1v) is 7.27. The van der Waals surface area contributed by atoms with E-state index < -0.39 is 0 Å². The second-order valence-electron chi connectivity index (χ2n) is 4.86. The molecule has 1 unspecified atom stereocenters. The first-order chi connectivity index (χ1) is 9.56. The van der Waals surface area contributed by atoms with Gasteiger partial charge >= 0.3 is 0 Å². The Labute approximate surface area is 126 Å². The molecule has 0 spiro atoms. The molecule has 0 aliphatic carbocycles. The maximum absolute atomic E-state index is 6.38. The van der Waals surface area contributed by atoms with Crippen LogP contribution in [-0.2, 0) is 0 Å². The van der Waals surface area contributed by atoms with Gasteiger partial charge in [0.05, 0.1) is 6.04 Å². The van der Waals surface area contributed by atoms with Crippen molar-refractivity contribution in [1.82, 2.24) is 0 Å². The summed E-state index contributed by atoms with van der Waals surface area (Å²) in [6, 6.07) is 5.55. The van der Waals surface area contributed by atoms with Gasteiger partial charge < -0.3 is 19.6 Å². The zero-order valence-corrected chi connectivity index (χ0v) is 13.0. The van der Waals surface area contributed by atoms with Gasteiger partial charge in [-0.05, 0) is 37.6 Å². The number of ether oxygens (including phenoxy) is 2. The summed E-state index contributed by atoms with van der Waals surface area (Å²) < 4.78 is 17.6. The fraction of sp³-hybridized carbons (Fsp3) is 0.333. The average molecular weight is 338 g/mol. The second-order valence-corrected chi connectivity index (χ2v) is 5.72. The van der Waals surface area contributed by atoms with E-state index in [1.54, 1.807) is 0 Å². The van der Waals surface area contributed by atoms with Crippen LogP contribution in [0.15, 0.2) is 27.1 Å². The number of furan rings is 1. The summed E-state index contributed by atoms with van der Waals surface area (Å²) in [5.41, 5.74) is 8.32. The summed E-state index contributed by atoms with van der Waals surface area (Å²) in [6.07, 6.45) is 0. The number of rotatable bonds is 2. The third kappa shape index (κ3) is 2.31. The molecule has 1 aliphatic rings. The van der Waals surface area contributed by atoms with Crippen LogP contribution in [0.4, 0.5) is 0 Å². The molecular formula is C15H16BrNO3. The van der Waals surface area contributed by atoms with Gasteiger partial charge in [0.15, 0.2) is 11.5 Å². The number of benzene rings is 1. The van der Waals surface area contributed by atoms with E-state index in [1.807, 2.05) is 32.0 Å². The maximum atomic E-state index is 6.38. The molecule has 4 nitrogen and oxygen atoms in total. The third-order valence-corrected chi connectivity index (χ3v) is 4.10. The van der Waals surface area contributed by atoms with Crippen molar-refractivity contribution in [2.75, 3.05) is 13.2 Å². The summed E-state index contributed by atoms with van der Waals surface area (Å²) in [5, 5.41) is 0. The van der Waals surface area contributed by atoms with Gasteiger partial charge in [-0.25, -0.2) is 0 Å². The minimum atomic E-state index is -0.266. The molecule has 1 aromatic carbocycles. The molecule has 3 rings (SSSR count). The Balaban J connectivity index is 2.03. The predicted molar refractivity (Wildman–Crippen MR) is 79.3 cm³/mol. The highest BCUT2D eigenvalue weighted by atomic mass is 79.9. The van der Waals surface area contributed by atoms with Gasteiger partial charge in [-0.15, -0.1) is 0 Å². The van der Waals surface area contributed by atoms with Gasteiger partial charge in [-0.2, -0.15) is 0 Å². The summed E-state index contributed by atoms with van der Waals surface area (Å²) in [6.45, 7) is 4.98. The number of nitrogens with two attached hydrogens (primary N) is 1. The topological polar surface area (TPSA) is 57.6 Å². The Hall–Kier alpha value is -1.46. The second kappa shape index (κ2) is 5.14. The lowest BCUT2D eigenvalue weighted by molar-refractivity contribution is 0.171. The van der Waals surface area contributed by atoms with Crippen LogP contribution in [0.5, 0.6) is 11.5 Å².